The first-order chi connectivity index (χ1) is 6.93. The van der Waals surface area contributed by atoms with Crippen LogP contribution < -0.4 is 0 Å². The molecule has 8 heteroatoms. The van der Waals surface area contributed by atoms with Crippen LogP contribution in [0.3, 0.4) is 0 Å². The highest BCUT2D eigenvalue weighted by Crippen LogP contribution is 2.01. The Morgan fingerprint density at radius 2 is 2.21 bits per heavy atom. The lowest BCUT2D eigenvalue weighted by atomic mass is 10.5. The highest BCUT2D eigenvalue weighted by atomic mass is 15.6. The summed E-state index contributed by atoms with van der Waals surface area (Å²) in [5, 5.41) is 18.9. The van der Waals surface area contributed by atoms with Crippen LogP contribution in [-0.4, -0.2) is 40.0 Å². The maximum absolute atomic E-state index is 4.12. The molecule has 0 aliphatic carbocycles. The van der Waals surface area contributed by atoms with Crippen molar-refractivity contribution in [3.8, 4) is 5.82 Å². The van der Waals surface area contributed by atoms with Gasteiger partial charge in [0.1, 0.15) is 12.7 Å². The van der Waals surface area contributed by atoms with Gasteiger partial charge in [0.15, 0.2) is 11.5 Å². The van der Waals surface area contributed by atoms with Crippen molar-refractivity contribution >= 4 is 5.65 Å². The monoisotopic (exact) mass is 188 g/mol. The van der Waals surface area contributed by atoms with Crippen molar-refractivity contribution in [2.24, 2.45) is 0 Å². The molecule has 0 aliphatic heterocycles. The summed E-state index contributed by atoms with van der Waals surface area (Å²) in [4.78, 5) is 3.82. The van der Waals surface area contributed by atoms with Crippen molar-refractivity contribution in [1.29, 1.82) is 0 Å². The van der Waals surface area contributed by atoms with Gasteiger partial charge >= 0.3 is 0 Å². The van der Waals surface area contributed by atoms with Crippen LogP contribution in [0.4, 0.5) is 0 Å². The van der Waals surface area contributed by atoms with E-state index in [1.807, 2.05) is 0 Å². The molecule has 14 heavy (non-hydrogen) atoms. The Kier molecular flexibility index (Phi) is 1.29. The molecule has 0 amide bonds. The highest BCUT2D eigenvalue weighted by Gasteiger charge is 2.02. The molecule has 3 heterocycles. The van der Waals surface area contributed by atoms with Gasteiger partial charge in [-0.1, -0.05) is 0 Å². The van der Waals surface area contributed by atoms with Gasteiger partial charge in [-0.05, 0) is 22.6 Å². The lowest BCUT2D eigenvalue weighted by Gasteiger charge is -1.96. The van der Waals surface area contributed by atoms with Gasteiger partial charge in [-0.25, -0.2) is 9.67 Å². The quantitative estimate of drug-likeness (QED) is 0.491. The molecule has 0 atom stereocenters. The van der Waals surface area contributed by atoms with Gasteiger partial charge in [-0.15, -0.1) is 14.8 Å². The van der Waals surface area contributed by atoms with Gasteiger partial charge < -0.3 is 0 Å². The van der Waals surface area contributed by atoms with E-state index in [1.165, 1.54) is 15.6 Å². The zero-order chi connectivity index (χ0) is 9.38. The lowest BCUT2D eigenvalue weighted by Crippen LogP contribution is -2.03. The molecule has 0 saturated heterocycles. The topological polar surface area (TPSA) is 86.7 Å². The third-order valence-electron chi connectivity index (χ3n) is 1.71. The number of fused-ring (bicyclic) bond motifs is 1. The van der Waals surface area contributed by atoms with Crippen LogP contribution in [-0.2, 0) is 0 Å². The average molecular weight is 188 g/mol. The van der Waals surface area contributed by atoms with Gasteiger partial charge in [0.25, 0.3) is 0 Å². The Morgan fingerprint density at radius 3 is 3.07 bits per heavy atom. The van der Waals surface area contributed by atoms with Crippen molar-refractivity contribution in [3.63, 3.8) is 0 Å². The molecule has 0 spiro atoms. The fourth-order valence-electron chi connectivity index (χ4n) is 1.09. The summed E-state index contributed by atoms with van der Waals surface area (Å²) in [6, 6.07) is 3.52. The summed E-state index contributed by atoms with van der Waals surface area (Å²) in [5.41, 5.74) is 0.592. The molecule has 0 radical (unpaired) electrons. The molecule has 3 rings (SSSR count). The predicted molar refractivity (Wildman–Crippen MR) is 43.5 cm³/mol. The van der Waals surface area contributed by atoms with E-state index in [0.29, 0.717) is 11.5 Å². The van der Waals surface area contributed by atoms with E-state index in [4.69, 9.17) is 0 Å². The molecule has 0 aromatic carbocycles. The SMILES string of the molecule is c1ncn(-c2ccc3nnnn3n2)n1. The molecule has 3 aromatic rings. The van der Waals surface area contributed by atoms with Crippen LogP contribution in [0.5, 0.6) is 0 Å². The highest BCUT2D eigenvalue weighted by molar-refractivity contribution is 5.36. The molecule has 0 bridgehead atoms. The van der Waals surface area contributed by atoms with Crippen LogP contribution in [0.1, 0.15) is 0 Å². The minimum Gasteiger partial charge on any atom is -0.223 e. The van der Waals surface area contributed by atoms with Crippen LogP contribution in [0, 0.1) is 0 Å². The van der Waals surface area contributed by atoms with E-state index in [9.17, 15) is 0 Å². The number of nitrogens with zero attached hydrogens (tertiary/aromatic N) is 8. The van der Waals surface area contributed by atoms with Crippen LogP contribution in [0.25, 0.3) is 11.5 Å². The number of hydrogen-bond donors (Lipinski definition) is 0. The van der Waals surface area contributed by atoms with Crippen LogP contribution in [0.2, 0.25) is 0 Å². The smallest absolute Gasteiger partial charge is 0.200 e. The van der Waals surface area contributed by atoms with E-state index >= 15 is 0 Å². The first-order valence-corrected chi connectivity index (χ1v) is 3.84. The Labute approximate surface area is 77.2 Å². The number of hydrogen-bond acceptors (Lipinski definition) is 6. The molecule has 0 fully saturated rings. The normalized spacial score (nSPS) is 10.9. The summed E-state index contributed by atoms with van der Waals surface area (Å²) in [6.45, 7) is 0. The van der Waals surface area contributed by atoms with Crippen molar-refractivity contribution in [2.75, 3.05) is 0 Å². The molecule has 68 valence electrons. The predicted octanol–water partition coefficient (Wildman–Crippen LogP) is -0.900. The summed E-state index contributed by atoms with van der Waals surface area (Å²) in [7, 11) is 0. The van der Waals surface area contributed by atoms with E-state index in [2.05, 4.69) is 30.7 Å². The third-order valence-corrected chi connectivity index (χ3v) is 1.71. The molecule has 0 saturated carbocycles. The largest absolute Gasteiger partial charge is 0.223 e. The summed E-state index contributed by atoms with van der Waals surface area (Å²) in [5.74, 6) is 0.613. The van der Waals surface area contributed by atoms with Crippen molar-refractivity contribution in [1.82, 2.24) is 40.0 Å². The van der Waals surface area contributed by atoms with Gasteiger partial charge in [0, 0.05) is 0 Å². The molecular weight excluding hydrogens is 184 g/mol. The van der Waals surface area contributed by atoms with Crippen LogP contribution >= 0.6 is 0 Å². The molecule has 0 N–H and O–H groups in total. The summed E-state index contributed by atoms with van der Waals surface area (Å²) < 4.78 is 2.86. The third kappa shape index (κ3) is 0.937. The Balaban J connectivity index is 2.23. The average Bonchev–Trinajstić information content (AvgIpc) is 2.88. The number of tetrazole rings is 1. The Hall–Kier alpha value is -2.38. The Morgan fingerprint density at radius 1 is 1.21 bits per heavy atom. The van der Waals surface area contributed by atoms with E-state index in [-0.39, 0.29) is 0 Å². The fraction of sp³-hybridized carbons (Fsp3) is 0. The van der Waals surface area contributed by atoms with Gasteiger partial charge in [0.2, 0.25) is 0 Å². The molecule has 3 aromatic heterocycles. The summed E-state index contributed by atoms with van der Waals surface area (Å²) in [6.07, 6.45) is 2.99. The van der Waals surface area contributed by atoms with Gasteiger partial charge in [-0.2, -0.15) is 5.10 Å². The fourth-order valence-corrected chi connectivity index (χ4v) is 1.09. The molecular formula is C6H4N8. The minimum absolute atomic E-state index is 0.592. The zero-order valence-electron chi connectivity index (χ0n) is 6.89. The standard InChI is InChI=1S/C6H4N8/c1-2-6(13-4-7-3-8-13)10-14-5(1)9-11-12-14/h1-4H. The van der Waals surface area contributed by atoms with E-state index in [0.717, 1.165) is 0 Å². The second kappa shape index (κ2) is 2.55. The maximum atomic E-state index is 4.12. The van der Waals surface area contributed by atoms with Crippen molar-refractivity contribution < 1.29 is 0 Å². The van der Waals surface area contributed by atoms with E-state index in [1.54, 1.807) is 18.5 Å². The van der Waals surface area contributed by atoms with Gasteiger partial charge in [0.05, 0.1) is 0 Å². The second-order valence-corrected chi connectivity index (χ2v) is 2.56. The number of rotatable bonds is 1. The number of aromatic nitrogens is 8. The minimum atomic E-state index is 0.592. The molecule has 0 unspecified atom stereocenters. The van der Waals surface area contributed by atoms with Crippen molar-refractivity contribution in [2.45, 2.75) is 0 Å². The van der Waals surface area contributed by atoms with Gasteiger partial charge in [-0.3, -0.25) is 0 Å². The van der Waals surface area contributed by atoms with Crippen LogP contribution in [0.15, 0.2) is 24.8 Å². The molecule has 0 aliphatic rings. The first-order valence-electron chi connectivity index (χ1n) is 3.84. The molecule has 8 nitrogen and oxygen atoms in total. The maximum Gasteiger partial charge on any atom is 0.200 e. The van der Waals surface area contributed by atoms with E-state index < -0.39 is 0 Å². The zero-order valence-corrected chi connectivity index (χ0v) is 6.89. The second-order valence-electron chi connectivity index (χ2n) is 2.56. The lowest BCUT2D eigenvalue weighted by molar-refractivity contribution is 0.701. The van der Waals surface area contributed by atoms with Crippen molar-refractivity contribution in [3.05, 3.63) is 24.8 Å². The first kappa shape index (κ1) is 7.06. The summed E-state index contributed by atoms with van der Waals surface area (Å²) >= 11 is 0. The Bertz CT molecular complexity index is 552.